The smallest absolute Gasteiger partial charge is 0.339 e. The lowest BCUT2D eigenvalue weighted by Crippen LogP contribution is -2.37. The molecule has 0 radical (unpaired) electrons. The monoisotopic (exact) mass is 354 g/mol. The van der Waals surface area contributed by atoms with Crippen LogP contribution in [0.25, 0.3) is 10.9 Å². The van der Waals surface area contributed by atoms with E-state index >= 15 is 0 Å². The second-order valence-corrected chi connectivity index (χ2v) is 6.79. The first-order valence-electron chi connectivity index (χ1n) is 9.51. The summed E-state index contributed by atoms with van der Waals surface area (Å²) < 4.78 is 5.38. The topological polar surface area (TPSA) is 68.3 Å². The third-order valence-electron chi connectivity index (χ3n) is 5.06. The molecule has 0 saturated heterocycles. The van der Waals surface area contributed by atoms with Crippen LogP contribution in [0.1, 0.15) is 61.1 Å². The third kappa shape index (κ3) is 3.87. The highest BCUT2D eigenvalue weighted by Crippen LogP contribution is 2.29. The molecule has 1 N–H and O–H groups in total. The summed E-state index contributed by atoms with van der Waals surface area (Å²) in [5, 5.41) is 3.70. The second-order valence-electron chi connectivity index (χ2n) is 6.79. The number of hydrogen-bond acceptors (Lipinski definition) is 4. The molecule has 0 atom stereocenters. The predicted octanol–water partition coefficient (Wildman–Crippen LogP) is 3.58. The van der Waals surface area contributed by atoms with Crippen molar-refractivity contribution in [2.45, 2.75) is 58.4 Å². The fourth-order valence-corrected chi connectivity index (χ4v) is 3.57. The number of aromatic nitrogens is 1. The molecule has 1 aliphatic carbocycles. The van der Waals surface area contributed by atoms with Gasteiger partial charge in [0.2, 0.25) is 0 Å². The van der Waals surface area contributed by atoms with Crippen LogP contribution in [0.5, 0.6) is 0 Å². The molecular formula is C21H26N2O3. The predicted molar refractivity (Wildman–Crippen MR) is 101 cm³/mol. The first-order chi connectivity index (χ1) is 12.6. The lowest BCUT2D eigenvalue weighted by Gasteiger charge is -2.20. The van der Waals surface area contributed by atoms with Crippen LogP contribution in [-0.4, -0.2) is 29.5 Å². The Hall–Kier alpha value is -2.43. The van der Waals surface area contributed by atoms with Crippen molar-refractivity contribution in [1.82, 2.24) is 10.3 Å². The van der Waals surface area contributed by atoms with E-state index in [0.717, 1.165) is 60.7 Å². The molecule has 26 heavy (non-hydrogen) atoms. The van der Waals surface area contributed by atoms with Crippen LogP contribution in [0.4, 0.5) is 0 Å². The van der Waals surface area contributed by atoms with E-state index in [9.17, 15) is 9.59 Å². The van der Waals surface area contributed by atoms with Crippen molar-refractivity contribution in [3.63, 3.8) is 0 Å². The molecule has 0 aliphatic heterocycles. The van der Waals surface area contributed by atoms with Crippen LogP contribution >= 0.6 is 0 Å². The minimum Gasteiger partial charge on any atom is -0.452 e. The van der Waals surface area contributed by atoms with Gasteiger partial charge in [-0.2, -0.15) is 0 Å². The first-order valence-corrected chi connectivity index (χ1v) is 9.51. The Labute approximate surface area is 154 Å². The van der Waals surface area contributed by atoms with E-state index in [2.05, 4.69) is 5.32 Å². The number of pyridine rings is 1. The SMILES string of the molecule is CCC(CC)NC(=O)COC(=O)c1c2c(nc3ccccc13)CCCC2. The average molecular weight is 354 g/mol. The van der Waals surface area contributed by atoms with E-state index in [4.69, 9.17) is 9.72 Å². The summed E-state index contributed by atoms with van der Waals surface area (Å²) in [7, 11) is 0. The number of carbonyl (C=O) groups is 2. The summed E-state index contributed by atoms with van der Waals surface area (Å²) >= 11 is 0. The quantitative estimate of drug-likeness (QED) is 0.805. The van der Waals surface area contributed by atoms with Crippen LogP contribution in [-0.2, 0) is 22.4 Å². The molecule has 1 aromatic heterocycles. The first kappa shape index (κ1) is 18.4. The standard InChI is InChI=1S/C21H26N2O3/c1-3-14(4-2)22-19(24)13-26-21(25)20-15-9-5-7-11-17(15)23-18-12-8-6-10-16(18)20/h5,7,9,11,14H,3-4,6,8,10,12-13H2,1-2H3,(H,22,24). The normalized spacial score (nSPS) is 13.5. The van der Waals surface area contributed by atoms with Gasteiger partial charge in [-0.3, -0.25) is 9.78 Å². The van der Waals surface area contributed by atoms with Gasteiger partial charge in [-0.05, 0) is 50.2 Å². The Morgan fingerprint density at radius 1 is 1.15 bits per heavy atom. The number of amides is 1. The fraction of sp³-hybridized carbons (Fsp3) is 0.476. The highest BCUT2D eigenvalue weighted by molar-refractivity contribution is 6.05. The molecule has 0 bridgehead atoms. The molecule has 1 amide bonds. The van der Waals surface area contributed by atoms with Crippen molar-refractivity contribution in [2.24, 2.45) is 0 Å². The Kier molecular flexibility index (Phi) is 5.86. The van der Waals surface area contributed by atoms with E-state index in [1.807, 2.05) is 38.1 Å². The highest BCUT2D eigenvalue weighted by atomic mass is 16.5. The molecule has 138 valence electrons. The third-order valence-corrected chi connectivity index (χ3v) is 5.06. The van der Waals surface area contributed by atoms with Gasteiger partial charge in [-0.1, -0.05) is 32.0 Å². The summed E-state index contributed by atoms with van der Waals surface area (Å²) in [6, 6.07) is 7.76. The van der Waals surface area contributed by atoms with Gasteiger partial charge in [0.15, 0.2) is 6.61 Å². The van der Waals surface area contributed by atoms with Crippen LogP contribution < -0.4 is 5.32 Å². The number of fused-ring (bicyclic) bond motifs is 2. The minimum absolute atomic E-state index is 0.121. The summed E-state index contributed by atoms with van der Waals surface area (Å²) in [5.74, 6) is -0.680. The van der Waals surface area contributed by atoms with Crippen molar-refractivity contribution in [3.8, 4) is 0 Å². The zero-order valence-electron chi connectivity index (χ0n) is 15.5. The maximum absolute atomic E-state index is 12.8. The summed E-state index contributed by atoms with van der Waals surface area (Å²) in [6.45, 7) is 3.80. The molecule has 1 aromatic carbocycles. The van der Waals surface area contributed by atoms with Gasteiger partial charge in [0.1, 0.15) is 0 Å². The molecule has 0 saturated carbocycles. The van der Waals surface area contributed by atoms with Gasteiger partial charge in [0, 0.05) is 17.1 Å². The highest BCUT2D eigenvalue weighted by Gasteiger charge is 2.24. The number of rotatable bonds is 6. The molecule has 1 aliphatic rings. The van der Waals surface area contributed by atoms with Gasteiger partial charge in [0.25, 0.3) is 5.91 Å². The second kappa shape index (κ2) is 8.30. The maximum Gasteiger partial charge on any atom is 0.339 e. The fourth-order valence-electron chi connectivity index (χ4n) is 3.57. The van der Waals surface area contributed by atoms with Crippen molar-refractivity contribution in [2.75, 3.05) is 6.61 Å². The number of para-hydroxylation sites is 1. The molecule has 5 nitrogen and oxygen atoms in total. The Morgan fingerprint density at radius 3 is 2.65 bits per heavy atom. The van der Waals surface area contributed by atoms with E-state index in [0.29, 0.717) is 5.56 Å². The molecular weight excluding hydrogens is 328 g/mol. The van der Waals surface area contributed by atoms with Gasteiger partial charge < -0.3 is 10.1 Å². The lowest BCUT2D eigenvalue weighted by atomic mass is 9.90. The molecule has 5 heteroatoms. The zero-order valence-corrected chi connectivity index (χ0v) is 15.5. The van der Waals surface area contributed by atoms with E-state index in [-0.39, 0.29) is 18.6 Å². The Morgan fingerprint density at radius 2 is 1.88 bits per heavy atom. The van der Waals surface area contributed by atoms with Crippen molar-refractivity contribution in [1.29, 1.82) is 0 Å². The molecule has 0 unspecified atom stereocenters. The minimum atomic E-state index is -0.429. The largest absolute Gasteiger partial charge is 0.452 e. The van der Waals surface area contributed by atoms with Crippen LogP contribution in [0.2, 0.25) is 0 Å². The molecule has 1 heterocycles. The van der Waals surface area contributed by atoms with Crippen molar-refractivity contribution in [3.05, 3.63) is 41.1 Å². The number of nitrogens with one attached hydrogen (secondary N) is 1. The van der Waals surface area contributed by atoms with Gasteiger partial charge in [-0.25, -0.2) is 4.79 Å². The number of esters is 1. The van der Waals surface area contributed by atoms with Gasteiger partial charge in [-0.15, -0.1) is 0 Å². The van der Waals surface area contributed by atoms with Gasteiger partial charge in [0.05, 0.1) is 11.1 Å². The Bertz CT molecular complexity index is 812. The zero-order chi connectivity index (χ0) is 18.5. The maximum atomic E-state index is 12.8. The van der Waals surface area contributed by atoms with Crippen LogP contribution in [0, 0.1) is 0 Å². The number of ether oxygens (including phenoxy) is 1. The molecule has 3 rings (SSSR count). The van der Waals surface area contributed by atoms with Crippen LogP contribution in [0.3, 0.4) is 0 Å². The number of aryl methyl sites for hydroxylation is 1. The number of benzene rings is 1. The summed E-state index contributed by atoms with van der Waals surface area (Å²) in [4.78, 5) is 29.6. The lowest BCUT2D eigenvalue weighted by molar-refractivity contribution is -0.125. The number of carbonyl (C=O) groups excluding carboxylic acids is 2. The van der Waals surface area contributed by atoms with E-state index in [1.54, 1.807) is 0 Å². The van der Waals surface area contributed by atoms with E-state index in [1.165, 1.54) is 0 Å². The average Bonchev–Trinajstić information content (AvgIpc) is 2.68. The van der Waals surface area contributed by atoms with Crippen molar-refractivity contribution >= 4 is 22.8 Å². The van der Waals surface area contributed by atoms with Crippen LogP contribution in [0.15, 0.2) is 24.3 Å². The van der Waals surface area contributed by atoms with Gasteiger partial charge >= 0.3 is 5.97 Å². The Balaban J connectivity index is 1.83. The number of nitrogens with zero attached hydrogens (tertiary/aromatic N) is 1. The summed E-state index contributed by atoms with van der Waals surface area (Å²) in [6.07, 6.45) is 5.57. The van der Waals surface area contributed by atoms with E-state index < -0.39 is 5.97 Å². The van der Waals surface area contributed by atoms with Crippen molar-refractivity contribution < 1.29 is 14.3 Å². The molecule has 0 spiro atoms. The molecule has 0 fully saturated rings. The molecule has 2 aromatic rings. The summed E-state index contributed by atoms with van der Waals surface area (Å²) in [5.41, 5.74) is 3.37. The number of hydrogen-bond donors (Lipinski definition) is 1.